The Morgan fingerprint density at radius 2 is 1.89 bits per heavy atom. The number of fused-ring (bicyclic) bond motifs is 1. The Bertz CT molecular complexity index is 1400. The number of hydrogen-bond acceptors (Lipinski definition) is 7. The Morgan fingerprint density at radius 1 is 1.16 bits per heavy atom. The molecule has 0 fully saturated rings. The molecule has 0 saturated heterocycles. The predicted octanol–water partition coefficient (Wildman–Crippen LogP) is 3.39. The summed E-state index contributed by atoms with van der Waals surface area (Å²) >= 11 is 0. The van der Waals surface area contributed by atoms with Crippen molar-refractivity contribution in [3.63, 3.8) is 0 Å². The Kier molecular flexibility index (Phi) is 7.82. The van der Waals surface area contributed by atoms with Gasteiger partial charge in [0.2, 0.25) is 5.75 Å². The van der Waals surface area contributed by atoms with Crippen molar-refractivity contribution >= 4 is 12.0 Å². The fraction of sp³-hybridized carbons (Fsp3) is 0.357. The van der Waals surface area contributed by atoms with E-state index in [1.54, 1.807) is 40.1 Å². The second-order valence-corrected chi connectivity index (χ2v) is 9.76. The zero-order valence-corrected chi connectivity index (χ0v) is 22.2. The summed E-state index contributed by atoms with van der Waals surface area (Å²) in [5.74, 6) is -0.0455. The fourth-order valence-corrected chi connectivity index (χ4v) is 4.02. The number of hydrogen-bond donors (Lipinski definition) is 1. The first-order valence-electron chi connectivity index (χ1n) is 12.3. The van der Waals surface area contributed by atoms with Crippen LogP contribution in [0.25, 0.3) is 0 Å². The molecule has 4 rings (SSSR count). The highest BCUT2D eigenvalue weighted by molar-refractivity contribution is 5.94. The number of benzene rings is 2. The van der Waals surface area contributed by atoms with Crippen LogP contribution in [0, 0.1) is 6.92 Å². The lowest BCUT2D eigenvalue weighted by Crippen LogP contribution is -2.43. The van der Waals surface area contributed by atoms with Crippen LogP contribution in [-0.2, 0) is 30.0 Å². The third-order valence-electron chi connectivity index (χ3n) is 6.11. The third kappa shape index (κ3) is 5.86. The van der Waals surface area contributed by atoms with Gasteiger partial charge < -0.3 is 24.4 Å². The molecule has 1 aromatic heterocycles. The third-order valence-corrected chi connectivity index (χ3v) is 6.11. The van der Waals surface area contributed by atoms with Crippen LogP contribution in [0.4, 0.5) is 4.79 Å². The summed E-state index contributed by atoms with van der Waals surface area (Å²) in [6, 6.07) is 14.7. The number of nitrogens with zero attached hydrogens (tertiary/aromatic N) is 3. The molecule has 0 saturated carbocycles. The van der Waals surface area contributed by atoms with Gasteiger partial charge in [0.25, 0.3) is 11.5 Å². The molecule has 0 spiro atoms. The van der Waals surface area contributed by atoms with Crippen molar-refractivity contribution in [2.75, 3.05) is 20.7 Å². The predicted molar refractivity (Wildman–Crippen MR) is 140 cm³/mol. The van der Waals surface area contributed by atoms with Gasteiger partial charge in [-0.3, -0.25) is 14.2 Å². The van der Waals surface area contributed by atoms with Crippen LogP contribution in [0.1, 0.15) is 46.9 Å². The summed E-state index contributed by atoms with van der Waals surface area (Å²) in [5.41, 5.74) is 0.887. The molecule has 10 nitrogen and oxygen atoms in total. The van der Waals surface area contributed by atoms with Crippen LogP contribution in [-0.4, -0.2) is 47.2 Å². The monoisotopic (exact) mass is 520 g/mol. The van der Waals surface area contributed by atoms with E-state index in [0.717, 1.165) is 11.1 Å². The van der Waals surface area contributed by atoms with Crippen LogP contribution < -0.4 is 20.3 Å². The van der Waals surface area contributed by atoms with Crippen LogP contribution in [0.2, 0.25) is 0 Å². The van der Waals surface area contributed by atoms with Gasteiger partial charge in [-0.05, 0) is 38.0 Å². The van der Waals surface area contributed by atoms with Gasteiger partial charge in [0.15, 0.2) is 5.69 Å². The second-order valence-electron chi connectivity index (χ2n) is 9.76. The van der Waals surface area contributed by atoms with Gasteiger partial charge in [-0.25, -0.2) is 9.78 Å². The molecule has 0 unspecified atom stereocenters. The van der Waals surface area contributed by atoms with Gasteiger partial charge >= 0.3 is 6.09 Å². The Hall–Kier alpha value is -4.18. The Morgan fingerprint density at radius 3 is 2.61 bits per heavy atom. The number of rotatable bonds is 7. The largest absolute Gasteiger partial charge is 0.481 e. The minimum Gasteiger partial charge on any atom is -0.481 e. The Labute approximate surface area is 221 Å². The normalized spacial score (nSPS) is 13.8. The van der Waals surface area contributed by atoms with E-state index in [2.05, 4.69) is 10.3 Å². The average molecular weight is 521 g/mol. The van der Waals surface area contributed by atoms with E-state index in [1.807, 2.05) is 43.3 Å². The molecule has 3 aromatic rings. The molecule has 1 aliphatic heterocycles. The second kappa shape index (κ2) is 11.1. The first-order valence-corrected chi connectivity index (χ1v) is 12.3. The highest BCUT2D eigenvalue weighted by Gasteiger charge is 2.35. The van der Waals surface area contributed by atoms with Crippen LogP contribution in [0.5, 0.6) is 11.5 Å². The first kappa shape index (κ1) is 26.9. The molecule has 10 heteroatoms. The fourth-order valence-electron chi connectivity index (χ4n) is 4.02. The van der Waals surface area contributed by atoms with Crippen molar-refractivity contribution in [3.05, 3.63) is 87.1 Å². The standard InChI is InChI=1S/C28H32N4O6/c1-18-11-12-20(21(15-18)38-27(35)31(4)5)16-29-24(33)22-23(36-17-19-9-7-6-8-10-19)25(34)32-13-14-37-28(2,3)26(32)30-22/h6-12,15H,13-14,16-17H2,1-5H3,(H,29,33). The molecule has 2 amide bonds. The Balaban J connectivity index is 1.65. The minimum atomic E-state index is -0.866. The van der Waals surface area contributed by atoms with Gasteiger partial charge in [0.05, 0.1) is 13.2 Å². The van der Waals surface area contributed by atoms with E-state index in [1.165, 1.54) is 9.47 Å². The zero-order chi connectivity index (χ0) is 27.4. The van der Waals surface area contributed by atoms with E-state index in [4.69, 9.17) is 14.2 Å². The molecule has 1 aliphatic rings. The highest BCUT2D eigenvalue weighted by Crippen LogP contribution is 2.28. The molecule has 0 bridgehead atoms. The van der Waals surface area contributed by atoms with Crippen LogP contribution >= 0.6 is 0 Å². The summed E-state index contributed by atoms with van der Waals surface area (Å²) < 4.78 is 18.7. The first-order chi connectivity index (χ1) is 18.1. The van der Waals surface area contributed by atoms with Crippen LogP contribution in [0.3, 0.4) is 0 Å². The summed E-state index contributed by atoms with van der Waals surface area (Å²) in [6.45, 7) is 6.25. The van der Waals surface area contributed by atoms with Crippen LogP contribution in [0.15, 0.2) is 53.3 Å². The molecular formula is C28H32N4O6. The van der Waals surface area contributed by atoms with Crippen molar-refractivity contribution in [1.82, 2.24) is 19.8 Å². The maximum atomic E-state index is 13.5. The lowest BCUT2D eigenvalue weighted by molar-refractivity contribution is -0.0567. The van der Waals surface area contributed by atoms with E-state index >= 15 is 0 Å². The van der Waals surface area contributed by atoms with Gasteiger partial charge in [0, 0.05) is 26.2 Å². The molecule has 0 atom stereocenters. The van der Waals surface area contributed by atoms with Crippen molar-refractivity contribution in [2.45, 2.75) is 46.1 Å². The van der Waals surface area contributed by atoms with Crippen molar-refractivity contribution in [3.8, 4) is 11.5 Å². The number of ether oxygens (including phenoxy) is 3. The minimum absolute atomic E-state index is 0.0350. The molecule has 2 aromatic carbocycles. The molecular weight excluding hydrogens is 488 g/mol. The summed E-state index contributed by atoms with van der Waals surface area (Å²) in [7, 11) is 3.17. The number of nitrogens with one attached hydrogen (secondary N) is 1. The van der Waals surface area contributed by atoms with Crippen molar-refractivity contribution in [2.24, 2.45) is 0 Å². The van der Waals surface area contributed by atoms with E-state index in [-0.39, 0.29) is 24.6 Å². The van der Waals surface area contributed by atoms with E-state index < -0.39 is 23.2 Å². The number of carbonyl (C=O) groups excluding carboxylic acids is 2. The van der Waals surface area contributed by atoms with Gasteiger partial charge in [0.1, 0.15) is 23.8 Å². The number of carbonyl (C=O) groups is 2. The molecule has 0 aliphatic carbocycles. The number of aryl methyl sites for hydroxylation is 1. The molecule has 200 valence electrons. The summed E-state index contributed by atoms with van der Waals surface area (Å²) in [5, 5.41) is 2.80. The molecule has 0 radical (unpaired) electrons. The van der Waals surface area contributed by atoms with Crippen molar-refractivity contribution in [1.29, 1.82) is 0 Å². The van der Waals surface area contributed by atoms with Gasteiger partial charge in [-0.1, -0.05) is 42.5 Å². The topological polar surface area (TPSA) is 112 Å². The van der Waals surface area contributed by atoms with E-state index in [0.29, 0.717) is 30.3 Å². The number of aromatic nitrogens is 2. The summed E-state index contributed by atoms with van der Waals surface area (Å²) in [4.78, 5) is 45.0. The van der Waals surface area contributed by atoms with E-state index in [9.17, 15) is 14.4 Å². The zero-order valence-electron chi connectivity index (χ0n) is 22.2. The molecule has 1 N–H and O–H groups in total. The maximum Gasteiger partial charge on any atom is 0.414 e. The number of amides is 2. The SMILES string of the molecule is Cc1ccc(CNC(=O)c2nc3n(c(=O)c2OCc2ccccc2)CCOC3(C)C)c(OC(=O)N(C)C)c1. The van der Waals surface area contributed by atoms with Crippen molar-refractivity contribution < 1.29 is 23.8 Å². The molecule has 38 heavy (non-hydrogen) atoms. The quantitative estimate of drug-likeness (QED) is 0.508. The smallest absolute Gasteiger partial charge is 0.414 e. The lowest BCUT2D eigenvalue weighted by atomic mass is 10.1. The van der Waals surface area contributed by atoms with Gasteiger partial charge in [-0.2, -0.15) is 0 Å². The highest BCUT2D eigenvalue weighted by atomic mass is 16.6. The molecule has 2 heterocycles. The summed E-state index contributed by atoms with van der Waals surface area (Å²) in [6.07, 6.45) is -0.536. The average Bonchev–Trinajstić information content (AvgIpc) is 2.88. The maximum absolute atomic E-state index is 13.5. The lowest BCUT2D eigenvalue weighted by Gasteiger charge is -2.32. The van der Waals surface area contributed by atoms with Gasteiger partial charge in [-0.15, -0.1) is 0 Å².